The van der Waals surface area contributed by atoms with Gasteiger partial charge in [-0.2, -0.15) is 0 Å². The van der Waals surface area contributed by atoms with E-state index in [-0.39, 0.29) is 31.1 Å². The van der Waals surface area contributed by atoms with Gasteiger partial charge in [0, 0.05) is 25.9 Å². The second-order valence-corrected chi connectivity index (χ2v) is 8.75. The van der Waals surface area contributed by atoms with Crippen molar-refractivity contribution in [1.82, 2.24) is 18.7 Å². The van der Waals surface area contributed by atoms with Gasteiger partial charge >= 0.3 is 13.3 Å². The fraction of sp³-hybridized carbons (Fsp3) is 0.722. The summed E-state index contributed by atoms with van der Waals surface area (Å²) in [6.45, 7) is 9.13. The molecule has 1 unspecified atom stereocenters. The largest absolute Gasteiger partial charge is 0.361 e. The monoisotopic (exact) mass is 430 g/mol. The molecule has 0 spiro atoms. The van der Waals surface area contributed by atoms with E-state index in [1.165, 1.54) is 15.5 Å². The van der Waals surface area contributed by atoms with Crippen LogP contribution in [-0.2, 0) is 38.2 Å². The summed E-state index contributed by atoms with van der Waals surface area (Å²) < 4.78 is 32.6. The summed E-state index contributed by atoms with van der Waals surface area (Å²) in [4.78, 5) is 30.0. The highest BCUT2D eigenvalue weighted by Gasteiger charge is 2.21. The number of ether oxygens (including phenoxy) is 1. The average molecular weight is 430 g/mol. The molecule has 0 saturated carbocycles. The minimum absolute atomic E-state index is 0.196. The number of aryl methyl sites for hydroxylation is 1. The third-order valence-corrected chi connectivity index (χ3v) is 6.51. The van der Waals surface area contributed by atoms with Gasteiger partial charge in [0.25, 0.3) is 5.56 Å². The van der Waals surface area contributed by atoms with Crippen molar-refractivity contribution in [2.24, 2.45) is 0 Å². The lowest BCUT2D eigenvalue weighted by atomic mass is 10.3. The Morgan fingerprint density at radius 1 is 1.03 bits per heavy atom. The first kappa shape index (κ1) is 23.5. The molecular weight excluding hydrogens is 399 g/mol. The van der Waals surface area contributed by atoms with Crippen molar-refractivity contribution in [3.8, 4) is 0 Å². The van der Waals surface area contributed by atoms with Crippen molar-refractivity contribution in [2.75, 3.05) is 26.0 Å². The zero-order valence-electron chi connectivity index (χ0n) is 17.6. The SMILES string of the molecule is CCOCn1cnc2c1c(=O)n(CCCCOP(=O)(CC)OCC)c(=O)n2CC. The third-order valence-electron chi connectivity index (χ3n) is 4.51. The molecule has 10 nitrogen and oxygen atoms in total. The predicted molar refractivity (Wildman–Crippen MR) is 111 cm³/mol. The highest BCUT2D eigenvalue weighted by Crippen LogP contribution is 2.47. The molecule has 0 radical (unpaired) electrons. The van der Waals surface area contributed by atoms with Crippen molar-refractivity contribution < 1.29 is 18.3 Å². The number of hydrogen-bond donors (Lipinski definition) is 0. The summed E-state index contributed by atoms with van der Waals surface area (Å²) in [6.07, 6.45) is 2.90. The molecule has 0 N–H and O–H groups in total. The molecule has 0 fully saturated rings. The van der Waals surface area contributed by atoms with Crippen LogP contribution in [0.3, 0.4) is 0 Å². The number of aromatic nitrogens is 4. The summed E-state index contributed by atoms with van der Waals surface area (Å²) in [5.41, 5.74) is -0.0622. The van der Waals surface area contributed by atoms with E-state index >= 15 is 0 Å². The maximum atomic E-state index is 13.0. The molecule has 0 bridgehead atoms. The first-order valence-corrected chi connectivity index (χ1v) is 11.8. The van der Waals surface area contributed by atoms with Crippen LogP contribution in [-0.4, -0.2) is 44.7 Å². The topological polar surface area (TPSA) is 107 Å². The van der Waals surface area contributed by atoms with Crippen LogP contribution in [0.4, 0.5) is 0 Å². The maximum absolute atomic E-state index is 13.0. The van der Waals surface area contributed by atoms with Crippen LogP contribution in [0.2, 0.25) is 0 Å². The number of hydrogen-bond acceptors (Lipinski definition) is 7. The summed E-state index contributed by atoms with van der Waals surface area (Å²) >= 11 is 0. The molecule has 0 aromatic carbocycles. The Bertz CT molecular complexity index is 964. The minimum atomic E-state index is -3.05. The molecule has 2 heterocycles. The lowest BCUT2D eigenvalue weighted by Crippen LogP contribution is -2.40. The quantitative estimate of drug-likeness (QED) is 0.355. The molecule has 2 aromatic rings. The molecule has 2 aromatic heterocycles. The Morgan fingerprint density at radius 3 is 2.41 bits per heavy atom. The zero-order valence-corrected chi connectivity index (χ0v) is 18.5. The standard InChI is InChI=1S/C18H31N4O6P/c1-5-21-16-15(20(13-19-16)14-26-6-2)17(23)22(18(21)24)11-9-10-12-28-29(25,8-4)27-7-3/h13H,5-12,14H2,1-4H3. The van der Waals surface area contributed by atoms with Crippen molar-refractivity contribution in [3.63, 3.8) is 0 Å². The van der Waals surface area contributed by atoms with Gasteiger partial charge in [-0.1, -0.05) is 6.92 Å². The summed E-state index contributed by atoms with van der Waals surface area (Å²) in [5.74, 6) is 0. The molecule has 2 rings (SSSR count). The van der Waals surface area contributed by atoms with Gasteiger partial charge in [-0.05, 0) is 33.6 Å². The predicted octanol–water partition coefficient (Wildman–Crippen LogP) is 2.42. The Hall–Kier alpha value is -1.74. The van der Waals surface area contributed by atoms with Gasteiger partial charge in [0.05, 0.1) is 19.5 Å². The fourth-order valence-electron chi connectivity index (χ4n) is 3.00. The van der Waals surface area contributed by atoms with Crippen LogP contribution in [0.5, 0.6) is 0 Å². The van der Waals surface area contributed by atoms with Gasteiger partial charge in [0.15, 0.2) is 11.2 Å². The van der Waals surface area contributed by atoms with E-state index in [9.17, 15) is 14.2 Å². The van der Waals surface area contributed by atoms with Gasteiger partial charge in [-0.25, -0.2) is 9.78 Å². The normalized spacial score (nSPS) is 13.8. The molecule has 164 valence electrons. The van der Waals surface area contributed by atoms with E-state index < -0.39 is 7.60 Å². The van der Waals surface area contributed by atoms with Gasteiger partial charge in [0.1, 0.15) is 6.73 Å². The molecule has 1 atom stereocenters. The Labute approximate surface area is 169 Å². The Kier molecular flexibility index (Phi) is 8.82. The molecule has 29 heavy (non-hydrogen) atoms. The van der Waals surface area contributed by atoms with E-state index in [4.69, 9.17) is 13.8 Å². The van der Waals surface area contributed by atoms with Crippen LogP contribution in [0.15, 0.2) is 15.9 Å². The first-order chi connectivity index (χ1) is 13.9. The number of fused-ring (bicyclic) bond motifs is 1. The van der Waals surface area contributed by atoms with Crippen molar-refractivity contribution >= 4 is 18.8 Å². The van der Waals surface area contributed by atoms with Crippen molar-refractivity contribution in [3.05, 3.63) is 27.2 Å². The number of rotatable bonds is 13. The molecule has 11 heteroatoms. The van der Waals surface area contributed by atoms with Gasteiger partial charge in [0.2, 0.25) is 0 Å². The average Bonchev–Trinajstić information content (AvgIpc) is 3.12. The van der Waals surface area contributed by atoms with Gasteiger partial charge in [-0.3, -0.25) is 18.5 Å². The first-order valence-electron chi connectivity index (χ1n) is 10.1. The number of unbranched alkanes of at least 4 members (excludes halogenated alkanes) is 1. The molecule has 0 aliphatic rings. The lowest BCUT2D eigenvalue weighted by Gasteiger charge is -2.16. The fourth-order valence-corrected chi connectivity index (χ4v) is 4.24. The van der Waals surface area contributed by atoms with Crippen LogP contribution < -0.4 is 11.2 Å². The van der Waals surface area contributed by atoms with Gasteiger partial charge in [-0.15, -0.1) is 0 Å². The van der Waals surface area contributed by atoms with Gasteiger partial charge < -0.3 is 18.4 Å². The highest BCUT2D eigenvalue weighted by atomic mass is 31.2. The highest BCUT2D eigenvalue weighted by molar-refractivity contribution is 7.53. The second kappa shape index (κ2) is 10.9. The number of imidazole rings is 1. The van der Waals surface area contributed by atoms with Crippen molar-refractivity contribution in [1.29, 1.82) is 0 Å². The maximum Gasteiger partial charge on any atom is 0.332 e. The minimum Gasteiger partial charge on any atom is -0.361 e. The summed E-state index contributed by atoms with van der Waals surface area (Å²) in [7, 11) is -3.05. The molecule has 0 aliphatic carbocycles. The lowest BCUT2D eigenvalue weighted by molar-refractivity contribution is 0.0903. The van der Waals surface area contributed by atoms with E-state index in [1.54, 1.807) is 18.4 Å². The van der Waals surface area contributed by atoms with Crippen LogP contribution in [0, 0.1) is 0 Å². The Balaban J connectivity index is 2.17. The smallest absolute Gasteiger partial charge is 0.332 e. The second-order valence-electron chi connectivity index (χ2n) is 6.38. The molecule has 0 aliphatic heterocycles. The van der Waals surface area contributed by atoms with E-state index in [0.29, 0.717) is 49.9 Å². The van der Waals surface area contributed by atoms with E-state index in [1.807, 2.05) is 13.8 Å². The van der Waals surface area contributed by atoms with E-state index in [2.05, 4.69) is 4.98 Å². The van der Waals surface area contributed by atoms with Crippen LogP contribution in [0.1, 0.15) is 40.5 Å². The molecule has 0 amide bonds. The van der Waals surface area contributed by atoms with Crippen molar-refractivity contribution in [2.45, 2.75) is 60.4 Å². The zero-order chi connectivity index (χ0) is 21.4. The summed E-state index contributed by atoms with van der Waals surface area (Å²) in [5, 5.41) is 0. The number of nitrogens with zero attached hydrogens (tertiary/aromatic N) is 4. The van der Waals surface area contributed by atoms with E-state index in [0.717, 1.165) is 0 Å². The molecular formula is C18H31N4O6P. The van der Waals surface area contributed by atoms with Crippen LogP contribution in [0.25, 0.3) is 11.2 Å². The summed E-state index contributed by atoms with van der Waals surface area (Å²) in [6, 6.07) is 0. The third kappa shape index (κ3) is 5.45. The molecule has 0 saturated heterocycles. The van der Waals surface area contributed by atoms with Crippen LogP contribution >= 0.6 is 7.60 Å². The Morgan fingerprint density at radius 2 is 1.79 bits per heavy atom.